The Balaban J connectivity index is 2.03. The molecule has 0 heterocycles. The van der Waals surface area contributed by atoms with E-state index in [1.807, 2.05) is 0 Å². The maximum atomic E-state index is 3.27. The number of rotatable bonds is 1. The third-order valence-electron chi connectivity index (χ3n) is 2.44. The van der Waals surface area contributed by atoms with E-state index in [0.717, 1.165) is 5.56 Å². The van der Waals surface area contributed by atoms with E-state index in [4.69, 9.17) is 0 Å². The van der Waals surface area contributed by atoms with Crippen LogP contribution in [0.5, 0.6) is 0 Å². The van der Waals surface area contributed by atoms with Gasteiger partial charge in [0.25, 0.3) is 0 Å². The van der Waals surface area contributed by atoms with Gasteiger partial charge in [0.05, 0.1) is 0 Å². The summed E-state index contributed by atoms with van der Waals surface area (Å²) in [5, 5.41) is 0. The van der Waals surface area contributed by atoms with Crippen LogP contribution in [-0.2, 0) is 0 Å². The maximum absolute atomic E-state index is 3.27. The van der Waals surface area contributed by atoms with Gasteiger partial charge in [-0.15, -0.1) is 0 Å². The summed E-state index contributed by atoms with van der Waals surface area (Å²) in [5.41, 5.74) is 3.68. The summed E-state index contributed by atoms with van der Waals surface area (Å²) < 4.78 is 1.34. The summed E-state index contributed by atoms with van der Waals surface area (Å²) in [6, 6.07) is 17.0. The molecule has 0 bridgehead atoms. The van der Waals surface area contributed by atoms with E-state index in [0.29, 0.717) is 0 Å². The second kappa shape index (κ2) is 5.73. The molecule has 2 aromatic rings. The Morgan fingerprint density at radius 1 is 0.765 bits per heavy atom. The summed E-state index contributed by atoms with van der Waals surface area (Å²) in [4.78, 5) is 3.27. The van der Waals surface area contributed by atoms with E-state index in [9.17, 15) is 0 Å². The molecule has 0 radical (unpaired) electrons. The third-order valence-corrected chi connectivity index (χ3v) is 3.93. The minimum absolute atomic E-state index is 0.249. The first-order chi connectivity index (χ1) is 8.24. The van der Waals surface area contributed by atoms with Crippen LogP contribution in [0.25, 0.3) is 0 Å². The SMILES string of the molecule is Cc1ccc(C#C[Se]c2ccc(C)cc2)cc1. The molecule has 0 fully saturated rings. The quantitative estimate of drug-likeness (QED) is 0.558. The molecule has 1 heteroatoms. The summed E-state index contributed by atoms with van der Waals surface area (Å²) in [7, 11) is 0. The van der Waals surface area contributed by atoms with Crippen molar-refractivity contribution in [2.45, 2.75) is 13.8 Å². The Morgan fingerprint density at radius 3 is 1.88 bits per heavy atom. The van der Waals surface area contributed by atoms with Crippen molar-refractivity contribution in [3.63, 3.8) is 0 Å². The second-order valence-corrected chi connectivity index (χ2v) is 5.85. The van der Waals surface area contributed by atoms with E-state index in [1.165, 1.54) is 15.6 Å². The van der Waals surface area contributed by atoms with Crippen LogP contribution in [0.4, 0.5) is 0 Å². The normalized spacial score (nSPS) is 9.53. The summed E-state index contributed by atoms with van der Waals surface area (Å²) in [6.07, 6.45) is 0. The van der Waals surface area contributed by atoms with Gasteiger partial charge in [0.15, 0.2) is 0 Å². The molecular formula is C16H14Se. The van der Waals surface area contributed by atoms with Gasteiger partial charge < -0.3 is 0 Å². The number of aryl methyl sites for hydroxylation is 2. The van der Waals surface area contributed by atoms with Crippen molar-refractivity contribution >= 4 is 19.4 Å². The molecule has 0 spiro atoms. The average molecular weight is 285 g/mol. The van der Waals surface area contributed by atoms with E-state index in [2.05, 4.69) is 73.1 Å². The molecule has 0 N–H and O–H groups in total. The van der Waals surface area contributed by atoms with Gasteiger partial charge in [0, 0.05) is 0 Å². The molecule has 17 heavy (non-hydrogen) atoms. The molecule has 0 unspecified atom stereocenters. The van der Waals surface area contributed by atoms with E-state index in [-0.39, 0.29) is 15.0 Å². The first-order valence-electron chi connectivity index (χ1n) is 5.55. The molecule has 0 nitrogen and oxygen atoms in total. The van der Waals surface area contributed by atoms with Gasteiger partial charge in [0.1, 0.15) is 0 Å². The Kier molecular flexibility index (Phi) is 4.04. The van der Waals surface area contributed by atoms with Gasteiger partial charge in [0.2, 0.25) is 0 Å². The standard InChI is InChI=1S/C16H14Se/c1-13-3-7-15(8-4-13)11-12-17-16-9-5-14(2)6-10-16/h3-10H,1-2H3. The predicted molar refractivity (Wildman–Crippen MR) is 74.6 cm³/mol. The first-order valence-corrected chi connectivity index (χ1v) is 7.26. The molecule has 0 atom stereocenters. The predicted octanol–water partition coefficient (Wildman–Crippen LogP) is 2.64. The van der Waals surface area contributed by atoms with Crippen molar-refractivity contribution in [3.05, 3.63) is 65.2 Å². The third kappa shape index (κ3) is 3.79. The number of benzene rings is 2. The zero-order chi connectivity index (χ0) is 12.1. The molecule has 2 rings (SSSR count). The minimum atomic E-state index is 0.249. The van der Waals surface area contributed by atoms with Crippen LogP contribution in [0.3, 0.4) is 0 Å². The van der Waals surface area contributed by atoms with Crippen molar-refractivity contribution in [3.8, 4) is 10.7 Å². The van der Waals surface area contributed by atoms with Crippen LogP contribution in [0.15, 0.2) is 48.5 Å². The molecule has 2 aromatic carbocycles. The summed E-state index contributed by atoms with van der Waals surface area (Å²) >= 11 is 0.249. The van der Waals surface area contributed by atoms with Crippen molar-refractivity contribution in [1.82, 2.24) is 0 Å². The van der Waals surface area contributed by atoms with Gasteiger partial charge in [-0.2, -0.15) is 0 Å². The van der Waals surface area contributed by atoms with Crippen LogP contribution >= 0.6 is 0 Å². The average Bonchev–Trinajstić information content (AvgIpc) is 2.34. The van der Waals surface area contributed by atoms with Gasteiger partial charge in [-0.25, -0.2) is 0 Å². The van der Waals surface area contributed by atoms with E-state index in [1.54, 1.807) is 0 Å². The zero-order valence-electron chi connectivity index (χ0n) is 10.0. The summed E-state index contributed by atoms with van der Waals surface area (Å²) in [5.74, 6) is 3.21. The van der Waals surface area contributed by atoms with Gasteiger partial charge >= 0.3 is 109 Å². The van der Waals surface area contributed by atoms with Crippen LogP contribution in [-0.4, -0.2) is 15.0 Å². The molecule has 0 aliphatic carbocycles. The van der Waals surface area contributed by atoms with Crippen molar-refractivity contribution in [1.29, 1.82) is 0 Å². The first kappa shape index (κ1) is 12.0. The Hall–Kier alpha value is -1.48. The van der Waals surface area contributed by atoms with E-state index < -0.39 is 0 Å². The molecule has 0 saturated heterocycles. The van der Waals surface area contributed by atoms with Crippen LogP contribution in [0.2, 0.25) is 0 Å². The Labute approximate surface area is 109 Å². The molecule has 84 valence electrons. The topological polar surface area (TPSA) is 0 Å². The second-order valence-electron chi connectivity index (χ2n) is 4.01. The van der Waals surface area contributed by atoms with Crippen LogP contribution < -0.4 is 4.46 Å². The van der Waals surface area contributed by atoms with Crippen LogP contribution in [0.1, 0.15) is 16.7 Å². The molecule has 0 saturated carbocycles. The number of hydrogen-bond donors (Lipinski definition) is 0. The zero-order valence-corrected chi connectivity index (χ0v) is 11.7. The molecule has 0 aliphatic heterocycles. The number of hydrogen-bond acceptors (Lipinski definition) is 0. The Bertz CT molecular complexity index is 539. The summed E-state index contributed by atoms with van der Waals surface area (Å²) in [6.45, 7) is 4.20. The molecule has 0 amide bonds. The van der Waals surface area contributed by atoms with Crippen molar-refractivity contribution < 1.29 is 0 Å². The van der Waals surface area contributed by atoms with Gasteiger partial charge in [-0.3, -0.25) is 0 Å². The molecular weight excluding hydrogens is 271 g/mol. The van der Waals surface area contributed by atoms with Crippen molar-refractivity contribution in [2.24, 2.45) is 0 Å². The Morgan fingerprint density at radius 2 is 1.29 bits per heavy atom. The van der Waals surface area contributed by atoms with Crippen LogP contribution in [0, 0.1) is 24.6 Å². The fraction of sp³-hybridized carbons (Fsp3) is 0.125. The van der Waals surface area contributed by atoms with Gasteiger partial charge in [-0.05, 0) is 0 Å². The van der Waals surface area contributed by atoms with Crippen molar-refractivity contribution in [2.75, 3.05) is 0 Å². The van der Waals surface area contributed by atoms with Gasteiger partial charge in [-0.1, -0.05) is 0 Å². The fourth-order valence-corrected chi connectivity index (χ4v) is 2.56. The fourth-order valence-electron chi connectivity index (χ4n) is 1.39. The van der Waals surface area contributed by atoms with E-state index >= 15 is 0 Å². The molecule has 0 aliphatic rings. The molecule has 0 aromatic heterocycles. The monoisotopic (exact) mass is 286 g/mol.